The normalized spacial score (nSPS) is 28.0. The summed E-state index contributed by atoms with van der Waals surface area (Å²) in [6.07, 6.45) is 0. The SMILES string of the molecule is COC(=O)C1C(C(=O)N2CCOCC2)C1c1ccccc1. The average molecular weight is 289 g/mol. The van der Waals surface area contributed by atoms with Crippen LogP contribution in [0.5, 0.6) is 0 Å². The minimum absolute atomic E-state index is 0.0440. The second-order valence-electron chi connectivity index (χ2n) is 5.45. The van der Waals surface area contributed by atoms with Crippen molar-refractivity contribution in [1.82, 2.24) is 4.90 Å². The molecule has 3 rings (SSSR count). The molecular formula is C16H19NO4. The summed E-state index contributed by atoms with van der Waals surface area (Å²) < 4.78 is 10.1. The van der Waals surface area contributed by atoms with E-state index in [1.807, 2.05) is 30.3 Å². The largest absolute Gasteiger partial charge is 0.469 e. The Labute approximate surface area is 123 Å². The molecule has 1 aliphatic carbocycles. The van der Waals surface area contributed by atoms with Crippen molar-refractivity contribution < 1.29 is 19.1 Å². The van der Waals surface area contributed by atoms with Gasteiger partial charge >= 0.3 is 5.97 Å². The van der Waals surface area contributed by atoms with E-state index in [0.717, 1.165) is 5.56 Å². The van der Waals surface area contributed by atoms with Crippen LogP contribution in [0, 0.1) is 11.8 Å². The molecule has 3 atom stereocenters. The molecule has 1 saturated heterocycles. The van der Waals surface area contributed by atoms with Gasteiger partial charge in [0.25, 0.3) is 0 Å². The number of carbonyl (C=O) groups excluding carboxylic acids is 2. The molecule has 3 unspecified atom stereocenters. The summed E-state index contributed by atoms with van der Waals surface area (Å²) in [6.45, 7) is 2.34. The Hall–Kier alpha value is -1.88. The standard InChI is InChI=1S/C16H19NO4/c1-20-16(19)14-12(11-5-3-2-4-6-11)13(14)15(18)17-7-9-21-10-8-17/h2-6,12-14H,7-10H2,1H3. The van der Waals surface area contributed by atoms with E-state index in [4.69, 9.17) is 9.47 Å². The first-order valence-corrected chi connectivity index (χ1v) is 7.23. The summed E-state index contributed by atoms with van der Waals surface area (Å²) in [5.74, 6) is -0.960. The number of carbonyl (C=O) groups is 2. The predicted octanol–water partition coefficient (Wildman–Crippen LogP) is 1.05. The van der Waals surface area contributed by atoms with Gasteiger partial charge in [-0.05, 0) is 5.56 Å². The fourth-order valence-electron chi connectivity index (χ4n) is 3.13. The van der Waals surface area contributed by atoms with E-state index in [9.17, 15) is 9.59 Å². The number of ether oxygens (including phenoxy) is 2. The molecule has 1 aromatic rings. The monoisotopic (exact) mass is 289 g/mol. The summed E-state index contributed by atoms with van der Waals surface area (Å²) in [4.78, 5) is 26.4. The van der Waals surface area contributed by atoms with Gasteiger partial charge in [0.05, 0.1) is 32.2 Å². The van der Waals surface area contributed by atoms with Crippen LogP contribution in [0.4, 0.5) is 0 Å². The van der Waals surface area contributed by atoms with Crippen LogP contribution in [-0.4, -0.2) is 50.2 Å². The lowest BCUT2D eigenvalue weighted by molar-refractivity contribution is -0.145. The predicted molar refractivity (Wildman–Crippen MR) is 75.6 cm³/mol. The highest BCUT2D eigenvalue weighted by molar-refractivity contribution is 5.93. The Balaban J connectivity index is 1.79. The molecule has 1 saturated carbocycles. The number of esters is 1. The molecule has 0 bridgehead atoms. The lowest BCUT2D eigenvalue weighted by Crippen LogP contribution is -2.42. The van der Waals surface area contributed by atoms with Crippen molar-refractivity contribution in [3.05, 3.63) is 35.9 Å². The van der Waals surface area contributed by atoms with Crippen LogP contribution in [0.3, 0.4) is 0 Å². The zero-order valence-electron chi connectivity index (χ0n) is 12.0. The Morgan fingerprint density at radius 3 is 2.43 bits per heavy atom. The highest BCUT2D eigenvalue weighted by Crippen LogP contribution is 2.55. The number of hydrogen-bond donors (Lipinski definition) is 0. The second-order valence-corrected chi connectivity index (χ2v) is 5.45. The van der Waals surface area contributed by atoms with Crippen molar-refractivity contribution in [3.63, 3.8) is 0 Å². The smallest absolute Gasteiger partial charge is 0.310 e. The van der Waals surface area contributed by atoms with Gasteiger partial charge in [-0.2, -0.15) is 0 Å². The van der Waals surface area contributed by atoms with Crippen molar-refractivity contribution in [2.45, 2.75) is 5.92 Å². The summed E-state index contributed by atoms with van der Waals surface area (Å²) in [6, 6.07) is 9.72. The number of amides is 1. The third kappa shape index (κ3) is 2.65. The third-order valence-corrected chi connectivity index (χ3v) is 4.29. The molecule has 5 heteroatoms. The number of hydrogen-bond acceptors (Lipinski definition) is 4. The molecule has 1 heterocycles. The van der Waals surface area contributed by atoms with Gasteiger partial charge in [0.1, 0.15) is 0 Å². The van der Waals surface area contributed by atoms with Crippen LogP contribution < -0.4 is 0 Å². The molecular weight excluding hydrogens is 270 g/mol. The molecule has 0 spiro atoms. The van der Waals surface area contributed by atoms with E-state index >= 15 is 0 Å². The average Bonchev–Trinajstić information content (AvgIpc) is 3.30. The summed E-state index contributed by atoms with van der Waals surface area (Å²) in [5, 5.41) is 0. The maximum atomic E-state index is 12.6. The van der Waals surface area contributed by atoms with E-state index in [0.29, 0.717) is 26.3 Å². The number of benzene rings is 1. The van der Waals surface area contributed by atoms with Gasteiger partial charge in [0, 0.05) is 19.0 Å². The van der Waals surface area contributed by atoms with Crippen molar-refractivity contribution in [2.24, 2.45) is 11.8 Å². The van der Waals surface area contributed by atoms with Crippen LogP contribution in [0.1, 0.15) is 11.5 Å². The fourth-order valence-corrected chi connectivity index (χ4v) is 3.13. The summed E-state index contributed by atoms with van der Waals surface area (Å²) in [5.41, 5.74) is 1.03. The van der Waals surface area contributed by atoms with Crippen LogP contribution in [-0.2, 0) is 19.1 Å². The zero-order valence-corrected chi connectivity index (χ0v) is 12.0. The maximum Gasteiger partial charge on any atom is 0.310 e. The molecule has 21 heavy (non-hydrogen) atoms. The molecule has 0 radical (unpaired) electrons. The molecule has 2 fully saturated rings. The number of methoxy groups -OCH3 is 1. The van der Waals surface area contributed by atoms with E-state index in [-0.39, 0.29) is 29.6 Å². The fraction of sp³-hybridized carbons (Fsp3) is 0.500. The van der Waals surface area contributed by atoms with Gasteiger partial charge in [-0.15, -0.1) is 0 Å². The highest BCUT2D eigenvalue weighted by atomic mass is 16.5. The summed E-state index contributed by atoms with van der Waals surface area (Å²) >= 11 is 0. The van der Waals surface area contributed by atoms with E-state index in [1.54, 1.807) is 4.90 Å². The van der Waals surface area contributed by atoms with Crippen LogP contribution >= 0.6 is 0 Å². The Kier molecular flexibility index (Phi) is 3.92. The van der Waals surface area contributed by atoms with Crippen molar-refractivity contribution >= 4 is 11.9 Å². The Morgan fingerprint density at radius 1 is 1.14 bits per heavy atom. The lowest BCUT2D eigenvalue weighted by Gasteiger charge is -2.27. The molecule has 2 aliphatic rings. The zero-order chi connectivity index (χ0) is 14.8. The van der Waals surface area contributed by atoms with E-state index in [2.05, 4.69) is 0 Å². The molecule has 5 nitrogen and oxygen atoms in total. The minimum atomic E-state index is -0.354. The molecule has 1 aromatic carbocycles. The number of morpholine rings is 1. The topological polar surface area (TPSA) is 55.8 Å². The van der Waals surface area contributed by atoms with Crippen LogP contribution in [0.15, 0.2) is 30.3 Å². The first-order valence-electron chi connectivity index (χ1n) is 7.23. The van der Waals surface area contributed by atoms with Crippen molar-refractivity contribution in [2.75, 3.05) is 33.4 Å². The van der Waals surface area contributed by atoms with Gasteiger partial charge in [-0.25, -0.2) is 0 Å². The molecule has 1 amide bonds. The molecule has 1 aliphatic heterocycles. The van der Waals surface area contributed by atoms with Gasteiger partial charge in [-0.3, -0.25) is 9.59 Å². The Bertz CT molecular complexity index is 524. The van der Waals surface area contributed by atoms with Crippen molar-refractivity contribution in [1.29, 1.82) is 0 Å². The van der Waals surface area contributed by atoms with Crippen molar-refractivity contribution in [3.8, 4) is 0 Å². The van der Waals surface area contributed by atoms with Crippen LogP contribution in [0.2, 0.25) is 0 Å². The van der Waals surface area contributed by atoms with Crippen LogP contribution in [0.25, 0.3) is 0 Å². The lowest BCUT2D eigenvalue weighted by atomic mass is 10.1. The Morgan fingerprint density at radius 2 is 1.81 bits per heavy atom. The molecule has 0 aromatic heterocycles. The van der Waals surface area contributed by atoms with Gasteiger partial charge in [0.15, 0.2) is 0 Å². The van der Waals surface area contributed by atoms with Gasteiger partial charge in [0.2, 0.25) is 5.91 Å². The first kappa shape index (κ1) is 14.1. The van der Waals surface area contributed by atoms with Gasteiger partial charge < -0.3 is 14.4 Å². The molecule has 0 N–H and O–H groups in total. The summed E-state index contributed by atoms with van der Waals surface area (Å²) in [7, 11) is 1.37. The third-order valence-electron chi connectivity index (χ3n) is 4.29. The molecule has 112 valence electrons. The maximum absolute atomic E-state index is 12.6. The quantitative estimate of drug-likeness (QED) is 0.780. The van der Waals surface area contributed by atoms with E-state index in [1.165, 1.54) is 7.11 Å². The van der Waals surface area contributed by atoms with E-state index < -0.39 is 0 Å². The highest BCUT2D eigenvalue weighted by Gasteiger charge is 2.61. The van der Waals surface area contributed by atoms with Gasteiger partial charge in [-0.1, -0.05) is 30.3 Å². The first-order chi connectivity index (χ1) is 10.2. The number of nitrogens with zero attached hydrogens (tertiary/aromatic N) is 1. The second kappa shape index (κ2) is 5.85. The number of rotatable bonds is 3. The minimum Gasteiger partial charge on any atom is -0.469 e.